The van der Waals surface area contributed by atoms with Crippen LogP contribution in [0.1, 0.15) is 29.3 Å². The van der Waals surface area contributed by atoms with Crippen molar-refractivity contribution in [3.05, 3.63) is 40.2 Å². The Morgan fingerprint density at radius 2 is 2.17 bits per heavy atom. The number of aromatic nitrogens is 1. The Bertz CT molecular complexity index is 642. The molecule has 130 valence electrons. The lowest BCUT2D eigenvalue weighted by atomic mass is 10.0. The van der Waals surface area contributed by atoms with Crippen molar-refractivity contribution in [2.45, 2.75) is 45.0 Å². The molecular weight excluding hydrogens is 322 g/mol. The van der Waals surface area contributed by atoms with Crippen LogP contribution in [0.3, 0.4) is 0 Å². The maximum absolute atomic E-state index is 6.11. The van der Waals surface area contributed by atoms with Crippen LogP contribution in [0, 0.1) is 6.92 Å². The van der Waals surface area contributed by atoms with Gasteiger partial charge in [0.05, 0.1) is 36.2 Å². The molecule has 2 aliphatic heterocycles. The number of hydrogen-bond donors (Lipinski definition) is 0. The van der Waals surface area contributed by atoms with Crippen molar-refractivity contribution < 1.29 is 9.15 Å². The zero-order valence-electron chi connectivity index (χ0n) is 14.2. The third-order valence-electron chi connectivity index (χ3n) is 5.07. The number of nitrogens with zero attached hydrogens (tertiary/aromatic N) is 3. The lowest BCUT2D eigenvalue weighted by molar-refractivity contribution is -0.0750. The van der Waals surface area contributed by atoms with Crippen LogP contribution in [0.4, 0.5) is 0 Å². The molecule has 2 aromatic heterocycles. The number of aryl methyl sites for hydroxylation is 1. The molecule has 6 heteroatoms. The number of fused-ring (bicyclic) bond motifs is 1. The molecular formula is C18H25N3O2S. The maximum atomic E-state index is 6.11. The number of morpholine rings is 1. The van der Waals surface area contributed by atoms with E-state index in [1.54, 1.807) is 17.6 Å². The highest BCUT2D eigenvalue weighted by Gasteiger charge is 2.35. The molecule has 0 unspecified atom stereocenters. The average molecular weight is 347 g/mol. The number of ether oxygens (including phenoxy) is 1. The highest BCUT2D eigenvalue weighted by molar-refractivity contribution is 7.09. The predicted molar refractivity (Wildman–Crippen MR) is 94.0 cm³/mol. The summed E-state index contributed by atoms with van der Waals surface area (Å²) in [5, 5.41) is 3.35. The number of furan rings is 1. The molecule has 2 fully saturated rings. The van der Waals surface area contributed by atoms with Crippen LogP contribution in [0.5, 0.6) is 0 Å². The summed E-state index contributed by atoms with van der Waals surface area (Å²) in [5.74, 6) is 1.05. The molecule has 2 aromatic rings. The average Bonchev–Trinajstić information content (AvgIpc) is 3.18. The first-order valence-corrected chi connectivity index (χ1v) is 9.67. The van der Waals surface area contributed by atoms with Crippen LogP contribution < -0.4 is 0 Å². The monoisotopic (exact) mass is 347 g/mol. The van der Waals surface area contributed by atoms with Crippen LogP contribution >= 0.6 is 11.3 Å². The first-order valence-electron chi connectivity index (χ1n) is 8.79. The number of hydrogen-bond acceptors (Lipinski definition) is 6. The molecule has 5 nitrogen and oxygen atoms in total. The van der Waals surface area contributed by atoms with Gasteiger partial charge in [-0.3, -0.25) is 9.80 Å². The van der Waals surface area contributed by atoms with Crippen molar-refractivity contribution in [3.8, 4) is 0 Å². The van der Waals surface area contributed by atoms with Crippen molar-refractivity contribution in [1.29, 1.82) is 0 Å². The van der Waals surface area contributed by atoms with E-state index in [0.717, 1.165) is 62.9 Å². The second-order valence-electron chi connectivity index (χ2n) is 6.74. The second-order valence-corrected chi connectivity index (χ2v) is 7.80. The van der Waals surface area contributed by atoms with Crippen molar-refractivity contribution >= 4 is 11.3 Å². The van der Waals surface area contributed by atoms with Gasteiger partial charge in [0, 0.05) is 37.6 Å². The number of likely N-dealkylation sites (tertiary alicyclic amines) is 1. The molecule has 0 N–H and O–H groups in total. The summed E-state index contributed by atoms with van der Waals surface area (Å²) >= 11 is 1.74. The molecule has 4 heterocycles. The van der Waals surface area contributed by atoms with Crippen molar-refractivity contribution in [2.24, 2.45) is 0 Å². The van der Waals surface area contributed by atoms with E-state index in [1.807, 2.05) is 6.07 Å². The first kappa shape index (κ1) is 16.3. The van der Waals surface area contributed by atoms with E-state index >= 15 is 0 Å². The van der Waals surface area contributed by atoms with E-state index in [0.29, 0.717) is 12.1 Å². The Balaban J connectivity index is 1.40. The third kappa shape index (κ3) is 3.72. The van der Waals surface area contributed by atoms with Gasteiger partial charge in [-0.05, 0) is 31.9 Å². The van der Waals surface area contributed by atoms with Crippen LogP contribution in [-0.4, -0.2) is 53.2 Å². The Kier molecular flexibility index (Phi) is 4.98. The quantitative estimate of drug-likeness (QED) is 0.851. The summed E-state index contributed by atoms with van der Waals surface area (Å²) in [5.41, 5.74) is 1.20. The van der Waals surface area contributed by atoms with Gasteiger partial charge >= 0.3 is 0 Å². The van der Waals surface area contributed by atoms with E-state index in [2.05, 4.69) is 33.2 Å². The lowest BCUT2D eigenvalue weighted by Crippen LogP contribution is -2.50. The molecule has 0 aromatic carbocycles. The van der Waals surface area contributed by atoms with E-state index in [-0.39, 0.29) is 0 Å². The standard InChI is InChI=1S/C18H25N3O2S/c1-14-19-15(13-24-14)11-21-8-10-23-18-5-7-20(6-4-17(18)21)12-16-3-2-9-22-16/h2-3,9,13,17-18H,4-8,10-12H2,1H3/t17-,18+/m0/s1. The highest BCUT2D eigenvalue weighted by Crippen LogP contribution is 2.26. The summed E-state index contributed by atoms with van der Waals surface area (Å²) in [6.45, 7) is 7.95. The Labute approximate surface area is 147 Å². The highest BCUT2D eigenvalue weighted by atomic mass is 32.1. The Morgan fingerprint density at radius 1 is 1.25 bits per heavy atom. The molecule has 0 spiro atoms. The van der Waals surface area contributed by atoms with Crippen LogP contribution in [0.2, 0.25) is 0 Å². The normalized spacial score (nSPS) is 26.2. The topological polar surface area (TPSA) is 41.7 Å². The van der Waals surface area contributed by atoms with Crippen LogP contribution in [0.25, 0.3) is 0 Å². The summed E-state index contributed by atoms with van der Waals surface area (Å²) in [6.07, 6.45) is 4.35. The second kappa shape index (κ2) is 7.35. The van der Waals surface area contributed by atoms with Gasteiger partial charge in [-0.25, -0.2) is 4.98 Å². The number of thiazole rings is 1. The van der Waals surface area contributed by atoms with Gasteiger partial charge in [-0.1, -0.05) is 0 Å². The van der Waals surface area contributed by atoms with Gasteiger partial charge < -0.3 is 9.15 Å². The van der Waals surface area contributed by atoms with Crippen molar-refractivity contribution in [1.82, 2.24) is 14.8 Å². The van der Waals surface area contributed by atoms with Gasteiger partial charge in [-0.2, -0.15) is 0 Å². The fraction of sp³-hybridized carbons (Fsp3) is 0.611. The minimum Gasteiger partial charge on any atom is -0.468 e. The molecule has 4 rings (SSSR count). The molecule has 24 heavy (non-hydrogen) atoms. The van der Waals surface area contributed by atoms with E-state index in [1.165, 1.54) is 5.69 Å². The number of rotatable bonds is 4. The Morgan fingerprint density at radius 3 is 2.96 bits per heavy atom. The van der Waals surface area contributed by atoms with Gasteiger partial charge in [0.1, 0.15) is 5.76 Å². The van der Waals surface area contributed by atoms with Gasteiger partial charge in [0.15, 0.2) is 0 Å². The summed E-state index contributed by atoms with van der Waals surface area (Å²) in [4.78, 5) is 9.72. The van der Waals surface area contributed by atoms with Gasteiger partial charge in [0.25, 0.3) is 0 Å². The lowest BCUT2D eigenvalue weighted by Gasteiger charge is -2.40. The fourth-order valence-corrected chi connectivity index (χ4v) is 4.48. The smallest absolute Gasteiger partial charge is 0.117 e. The van der Waals surface area contributed by atoms with E-state index < -0.39 is 0 Å². The molecule has 2 aliphatic rings. The molecule has 0 saturated carbocycles. The third-order valence-corrected chi connectivity index (χ3v) is 5.89. The summed E-state index contributed by atoms with van der Waals surface area (Å²) in [7, 11) is 0. The van der Waals surface area contributed by atoms with Crippen molar-refractivity contribution in [3.63, 3.8) is 0 Å². The zero-order chi connectivity index (χ0) is 16.4. The minimum atomic E-state index is 0.347. The summed E-state index contributed by atoms with van der Waals surface area (Å²) < 4.78 is 11.6. The zero-order valence-corrected chi connectivity index (χ0v) is 15.0. The van der Waals surface area contributed by atoms with Gasteiger partial charge in [0.2, 0.25) is 0 Å². The summed E-state index contributed by atoms with van der Waals surface area (Å²) in [6, 6.07) is 4.53. The maximum Gasteiger partial charge on any atom is 0.117 e. The molecule has 0 radical (unpaired) electrons. The minimum absolute atomic E-state index is 0.347. The molecule has 0 bridgehead atoms. The first-order chi connectivity index (χ1) is 11.8. The SMILES string of the molecule is Cc1nc(CN2CCO[C@@H]3CCN(Cc4ccco4)CC[C@@H]32)cs1. The van der Waals surface area contributed by atoms with Crippen LogP contribution in [0.15, 0.2) is 28.2 Å². The Hall–Kier alpha value is -1.21. The van der Waals surface area contributed by atoms with Crippen molar-refractivity contribution in [2.75, 3.05) is 26.2 Å². The molecule has 2 saturated heterocycles. The molecule has 2 atom stereocenters. The predicted octanol–water partition coefficient (Wildman–Crippen LogP) is 2.91. The van der Waals surface area contributed by atoms with E-state index in [4.69, 9.17) is 9.15 Å². The van der Waals surface area contributed by atoms with Crippen LogP contribution in [-0.2, 0) is 17.8 Å². The largest absolute Gasteiger partial charge is 0.468 e. The molecule has 0 amide bonds. The van der Waals surface area contributed by atoms with E-state index in [9.17, 15) is 0 Å². The molecule has 0 aliphatic carbocycles. The fourth-order valence-electron chi connectivity index (χ4n) is 3.88. The van der Waals surface area contributed by atoms with Gasteiger partial charge in [-0.15, -0.1) is 11.3 Å².